The summed E-state index contributed by atoms with van der Waals surface area (Å²) in [6, 6.07) is 15.7. The van der Waals surface area contributed by atoms with E-state index in [1.165, 1.54) is 6.07 Å². The van der Waals surface area contributed by atoms with Crippen LogP contribution in [0.25, 0.3) is 16.9 Å². The minimum absolute atomic E-state index is 0. The third-order valence-electron chi connectivity index (χ3n) is 3.43. The quantitative estimate of drug-likeness (QED) is 0.234. The van der Waals surface area contributed by atoms with E-state index in [1.807, 2.05) is 30.3 Å². The van der Waals surface area contributed by atoms with Crippen molar-refractivity contribution in [3.8, 4) is 35.0 Å². The van der Waals surface area contributed by atoms with Gasteiger partial charge >= 0.3 is 0 Å². The van der Waals surface area contributed by atoms with E-state index in [0.29, 0.717) is 5.69 Å². The van der Waals surface area contributed by atoms with Crippen molar-refractivity contribution in [1.29, 1.82) is 0 Å². The number of aromatic nitrogens is 2. The molecular weight excluding hydrogens is 538 g/mol. The minimum Gasteiger partial charge on any atom is -0.497 e. The fraction of sp³-hybridized carbons (Fsp3) is 0.174. The average Bonchev–Trinajstić information content (AvgIpc) is 3.23. The Morgan fingerprint density at radius 2 is 1.43 bits per heavy atom. The Kier molecular flexibility index (Phi) is 22.7. The Balaban J connectivity index is -0.000000334. The van der Waals surface area contributed by atoms with Gasteiger partial charge in [0, 0.05) is 5.56 Å². The summed E-state index contributed by atoms with van der Waals surface area (Å²) in [5.41, 5.74) is 10.7. The summed E-state index contributed by atoms with van der Waals surface area (Å²) >= 11 is 6.21. The lowest BCUT2D eigenvalue weighted by Crippen LogP contribution is -2.16. The highest BCUT2D eigenvalue weighted by Crippen LogP contribution is 2.27. The minimum atomic E-state index is -3.85. The third kappa shape index (κ3) is 16.0. The molecule has 3 aromatic rings. The second-order valence-corrected chi connectivity index (χ2v) is 8.25. The van der Waals surface area contributed by atoms with Crippen LogP contribution in [0.1, 0.15) is 21.8 Å². The number of nitrogens with two attached hydrogens (primary N) is 3. The molecular formula is C23H35N5O6S3. The molecule has 11 nitrogen and oxygen atoms in total. The Labute approximate surface area is 229 Å². The van der Waals surface area contributed by atoms with E-state index in [4.69, 9.17) is 19.5 Å². The first-order chi connectivity index (χ1) is 15.9. The molecule has 0 unspecified atom stereocenters. The predicted molar refractivity (Wildman–Crippen MR) is 156 cm³/mol. The number of hydrogen-bond acceptors (Lipinski definition) is 6. The van der Waals surface area contributed by atoms with Crippen LogP contribution >= 0.6 is 25.3 Å². The average molecular weight is 574 g/mol. The van der Waals surface area contributed by atoms with Crippen LogP contribution in [0.4, 0.5) is 9.59 Å². The number of primary amides is 2. The molecule has 2 aromatic carbocycles. The van der Waals surface area contributed by atoms with E-state index in [0.717, 1.165) is 17.0 Å². The van der Waals surface area contributed by atoms with Crippen LogP contribution in [0.5, 0.6) is 5.75 Å². The van der Waals surface area contributed by atoms with Crippen molar-refractivity contribution in [3.05, 3.63) is 60.8 Å². The number of carbonyl (C=O) groups excluding carboxylic acids is 2. The topological polar surface area (TPSA) is 205 Å². The number of rotatable bonds is 4. The number of thiol groups is 2. The number of primary sulfonamides is 1. The van der Waals surface area contributed by atoms with Crippen LogP contribution in [0.15, 0.2) is 65.7 Å². The van der Waals surface area contributed by atoms with E-state index >= 15 is 0 Å². The molecule has 1 heterocycles. The highest BCUT2D eigenvalue weighted by molar-refractivity contribution is 7.96. The van der Waals surface area contributed by atoms with Gasteiger partial charge in [0.2, 0.25) is 10.0 Å². The number of amides is 2. The van der Waals surface area contributed by atoms with Gasteiger partial charge < -0.3 is 21.7 Å². The number of hydrogen-bond donors (Lipinski definition) is 5. The number of methoxy groups -OCH3 is 1. The molecule has 0 aliphatic rings. The zero-order valence-electron chi connectivity index (χ0n) is 18.8. The molecule has 1 aromatic heterocycles. The van der Waals surface area contributed by atoms with E-state index in [-0.39, 0.29) is 25.2 Å². The first kappa shape index (κ1) is 40.7. The summed E-state index contributed by atoms with van der Waals surface area (Å²) in [4.78, 5) is 18.2. The lowest BCUT2D eigenvalue weighted by molar-refractivity contribution is 0.266. The molecule has 0 fully saturated rings. The van der Waals surface area contributed by atoms with Crippen LogP contribution in [-0.2, 0) is 10.0 Å². The molecule has 206 valence electrons. The van der Waals surface area contributed by atoms with Crippen molar-refractivity contribution in [2.45, 2.75) is 26.7 Å². The zero-order chi connectivity index (χ0) is 26.3. The number of sulfonamides is 1. The summed E-state index contributed by atoms with van der Waals surface area (Å²) in [6.45, 7) is 1.65. The van der Waals surface area contributed by atoms with Crippen LogP contribution in [0.3, 0.4) is 0 Å². The van der Waals surface area contributed by atoms with Gasteiger partial charge in [-0.25, -0.2) is 18.2 Å². The van der Waals surface area contributed by atoms with Gasteiger partial charge in [0.25, 0.3) is 10.5 Å². The normalized spacial score (nSPS) is 8.65. The summed E-state index contributed by atoms with van der Waals surface area (Å²) < 4.78 is 30.3. The largest absolute Gasteiger partial charge is 0.497 e. The first-order valence-electron chi connectivity index (χ1n) is 9.03. The van der Waals surface area contributed by atoms with Gasteiger partial charge in [-0.1, -0.05) is 52.2 Å². The molecule has 2 amide bonds. The molecule has 0 radical (unpaired) electrons. The molecule has 0 saturated heterocycles. The zero-order valence-corrected chi connectivity index (χ0v) is 21.4. The molecule has 8 N–H and O–H groups in total. The Hall–Kier alpha value is -3.48. The number of ether oxygens (including phenoxy) is 1. The lowest BCUT2D eigenvalue weighted by atomic mass is 10.1. The maximum absolute atomic E-state index is 11.8. The van der Waals surface area contributed by atoms with Crippen LogP contribution in [0.2, 0.25) is 0 Å². The monoisotopic (exact) mass is 573 g/mol. The molecule has 0 spiro atoms. The molecule has 0 atom stereocenters. The number of terminal acetylenes is 1. The van der Waals surface area contributed by atoms with Gasteiger partial charge in [0.15, 0.2) is 0 Å². The molecule has 3 rings (SSSR count). The standard InChI is InChI=1S/C16H15N3O3S.C3H4.2CH3NOS.2CH4.H2O/c1-22-13-8-6-12(7-9-13)14-10-11-18-19(14)15-4-2-3-5-16(15)23(17,20)21;1-3-2;2*2-1(3)4;;;/h2-11H,1H3,(H2,17,20,21);1H,2H3;2*(H3,2,3,4);2*1H4;1H2. The number of para-hydroxylation sites is 1. The van der Waals surface area contributed by atoms with Crippen molar-refractivity contribution in [3.63, 3.8) is 0 Å². The summed E-state index contributed by atoms with van der Waals surface area (Å²) in [7, 11) is -2.25. The van der Waals surface area contributed by atoms with Crippen molar-refractivity contribution in [2.75, 3.05) is 7.11 Å². The van der Waals surface area contributed by atoms with Crippen LogP contribution in [-0.4, -0.2) is 41.3 Å². The van der Waals surface area contributed by atoms with Crippen molar-refractivity contribution in [1.82, 2.24) is 9.78 Å². The molecule has 0 bridgehead atoms. The van der Waals surface area contributed by atoms with Gasteiger partial charge in [-0.3, -0.25) is 9.59 Å². The first-order valence-corrected chi connectivity index (χ1v) is 11.5. The number of carbonyl (C=O) groups is 2. The lowest BCUT2D eigenvalue weighted by Gasteiger charge is -2.11. The maximum Gasteiger partial charge on any atom is 0.273 e. The molecule has 0 aliphatic carbocycles. The smallest absolute Gasteiger partial charge is 0.273 e. The molecule has 0 aliphatic heterocycles. The number of nitrogens with zero attached hydrogens (tertiary/aromatic N) is 2. The van der Waals surface area contributed by atoms with Crippen LogP contribution < -0.4 is 21.3 Å². The molecule has 37 heavy (non-hydrogen) atoms. The number of benzene rings is 2. The SMILES string of the molecule is C.C.C#CC.COc1ccc(-c2ccnn2-c2ccccc2S(N)(=O)=O)cc1.NC(=O)S.NC(=O)S.O. The van der Waals surface area contributed by atoms with Gasteiger partial charge in [0.05, 0.1) is 24.7 Å². The van der Waals surface area contributed by atoms with E-state index in [1.54, 1.807) is 43.1 Å². The highest BCUT2D eigenvalue weighted by atomic mass is 32.2. The van der Waals surface area contributed by atoms with Crippen molar-refractivity contribution < 1.29 is 28.2 Å². The highest BCUT2D eigenvalue weighted by Gasteiger charge is 2.17. The van der Waals surface area contributed by atoms with Gasteiger partial charge in [-0.2, -0.15) is 5.10 Å². The van der Waals surface area contributed by atoms with Crippen LogP contribution in [0, 0.1) is 12.3 Å². The fourth-order valence-electron chi connectivity index (χ4n) is 2.35. The Morgan fingerprint density at radius 1 is 1.00 bits per heavy atom. The third-order valence-corrected chi connectivity index (χ3v) is 4.39. The second kappa shape index (κ2) is 20.7. The maximum atomic E-state index is 11.8. The Morgan fingerprint density at radius 3 is 1.84 bits per heavy atom. The van der Waals surface area contributed by atoms with Gasteiger partial charge in [-0.15, -0.1) is 12.3 Å². The molecule has 14 heteroatoms. The molecule has 0 saturated carbocycles. The predicted octanol–water partition coefficient (Wildman–Crippen LogP) is 3.27. The van der Waals surface area contributed by atoms with Gasteiger partial charge in [0.1, 0.15) is 10.6 Å². The summed E-state index contributed by atoms with van der Waals surface area (Å²) in [5.74, 6) is 2.99. The van der Waals surface area contributed by atoms with Crippen molar-refractivity contribution in [2.24, 2.45) is 16.6 Å². The van der Waals surface area contributed by atoms with Crippen molar-refractivity contribution >= 4 is 45.8 Å². The van der Waals surface area contributed by atoms with E-state index in [2.05, 4.69) is 54.2 Å². The fourth-order valence-corrected chi connectivity index (χ4v) is 3.06. The van der Waals surface area contributed by atoms with E-state index in [9.17, 15) is 8.42 Å². The Bertz CT molecular complexity index is 1200. The summed E-state index contributed by atoms with van der Waals surface area (Å²) in [5, 5.41) is 8.27. The van der Waals surface area contributed by atoms with E-state index < -0.39 is 20.5 Å². The van der Waals surface area contributed by atoms with Gasteiger partial charge in [-0.05, 0) is 49.4 Å². The second-order valence-electron chi connectivity index (χ2n) is 5.83. The summed E-state index contributed by atoms with van der Waals surface area (Å²) in [6.07, 6.45) is 6.21.